The van der Waals surface area contributed by atoms with Gasteiger partial charge in [0.15, 0.2) is 0 Å². The Morgan fingerprint density at radius 1 is 1.22 bits per heavy atom. The van der Waals surface area contributed by atoms with Gasteiger partial charge in [0.05, 0.1) is 32.5 Å². The fourth-order valence-electron chi connectivity index (χ4n) is 2.40. The van der Waals surface area contributed by atoms with Gasteiger partial charge < -0.3 is 19.3 Å². The highest BCUT2D eigenvalue weighted by molar-refractivity contribution is 5.41. The third-order valence-corrected chi connectivity index (χ3v) is 3.43. The summed E-state index contributed by atoms with van der Waals surface area (Å²) in [7, 11) is 3.21. The summed E-state index contributed by atoms with van der Waals surface area (Å²) in [5.41, 5.74) is -0.0340. The lowest BCUT2D eigenvalue weighted by Crippen LogP contribution is -2.37. The summed E-state index contributed by atoms with van der Waals surface area (Å²) in [6.45, 7) is 2.54. The van der Waals surface area contributed by atoms with Gasteiger partial charge in [-0.05, 0) is 24.6 Å². The summed E-state index contributed by atoms with van der Waals surface area (Å²) in [4.78, 5) is 0. The summed E-state index contributed by atoms with van der Waals surface area (Å²) in [5.74, 6) is 1.38. The monoisotopic (exact) mass is 252 g/mol. The molecule has 0 amide bonds. The van der Waals surface area contributed by atoms with E-state index in [1.165, 1.54) is 0 Å². The van der Waals surface area contributed by atoms with Gasteiger partial charge in [-0.15, -0.1) is 0 Å². The van der Waals surface area contributed by atoms with Gasteiger partial charge in [-0.25, -0.2) is 0 Å². The van der Waals surface area contributed by atoms with Crippen LogP contribution >= 0.6 is 0 Å². The first-order chi connectivity index (χ1) is 8.57. The number of methoxy groups -OCH3 is 2. The van der Waals surface area contributed by atoms with Crippen LogP contribution in [0.5, 0.6) is 11.5 Å². The molecule has 0 bridgehead atoms. The number of aliphatic hydroxyl groups is 1. The number of benzene rings is 1. The Balaban J connectivity index is 2.36. The van der Waals surface area contributed by atoms with Gasteiger partial charge in [0.2, 0.25) is 0 Å². The van der Waals surface area contributed by atoms with E-state index < -0.39 is 5.60 Å². The Hall–Kier alpha value is -1.26. The highest BCUT2D eigenvalue weighted by atomic mass is 16.5. The van der Waals surface area contributed by atoms with E-state index in [0.29, 0.717) is 30.9 Å². The van der Waals surface area contributed by atoms with Crippen LogP contribution < -0.4 is 9.47 Å². The first-order valence-electron chi connectivity index (χ1n) is 6.15. The van der Waals surface area contributed by atoms with Crippen LogP contribution in [0.25, 0.3) is 0 Å². The molecule has 0 spiro atoms. The Labute approximate surface area is 107 Å². The van der Waals surface area contributed by atoms with E-state index >= 15 is 0 Å². The van der Waals surface area contributed by atoms with Crippen LogP contribution in [0, 0.1) is 0 Å². The molecule has 4 heteroatoms. The van der Waals surface area contributed by atoms with E-state index in [0.717, 1.165) is 5.56 Å². The zero-order chi connectivity index (χ0) is 13.2. The number of hydrogen-bond acceptors (Lipinski definition) is 4. The lowest BCUT2D eigenvalue weighted by atomic mass is 9.84. The van der Waals surface area contributed by atoms with Crippen molar-refractivity contribution in [2.45, 2.75) is 31.5 Å². The maximum atomic E-state index is 10.8. The number of rotatable bonds is 3. The van der Waals surface area contributed by atoms with Crippen molar-refractivity contribution in [3.63, 3.8) is 0 Å². The standard InChI is InChI=1S/C14H20O4/c1-10-9-14(15,4-5-18-10)11-6-12(16-2)8-13(7-11)17-3/h6-8,10,15H,4-5,9H2,1-3H3. The SMILES string of the molecule is COc1cc(OC)cc(C2(O)CCOC(C)C2)c1. The molecule has 1 aromatic rings. The zero-order valence-corrected chi connectivity index (χ0v) is 11.1. The van der Waals surface area contributed by atoms with Crippen LogP contribution in [-0.4, -0.2) is 32.0 Å². The summed E-state index contributed by atoms with van der Waals surface area (Å²) in [6.07, 6.45) is 1.23. The summed E-state index contributed by atoms with van der Waals surface area (Å²) < 4.78 is 16.0. The van der Waals surface area contributed by atoms with Crippen molar-refractivity contribution in [1.29, 1.82) is 0 Å². The molecule has 2 unspecified atom stereocenters. The molecular weight excluding hydrogens is 232 g/mol. The predicted octanol–water partition coefficient (Wildman–Crippen LogP) is 2.09. The van der Waals surface area contributed by atoms with Gasteiger partial charge in [-0.1, -0.05) is 0 Å². The molecule has 100 valence electrons. The van der Waals surface area contributed by atoms with Crippen LogP contribution in [0.15, 0.2) is 18.2 Å². The minimum absolute atomic E-state index is 0.0564. The van der Waals surface area contributed by atoms with Crippen molar-refractivity contribution in [2.24, 2.45) is 0 Å². The van der Waals surface area contributed by atoms with Crippen LogP contribution in [0.3, 0.4) is 0 Å². The van der Waals surface area contributed by atoms with Crippen molar-refractivity contribution < 1.29 is 19.3 Å². The Morgan fingerprint density at radius 2 is 1.83 bits per heavy atom. The molecule has 18 heavy (non-hydrogen) atoms. The zero-order valence-electron chi connectivity index (χ0n) is 11.1. The van der Waals surface area contributed by atoms with Crippen molar-refractivity contribution in [1.82, 2.24) is 0 Å². The highest BCUT2D eigenvalue weighted by Gasteiger charge is 2.35. The van der Waals surface area contributed by atoms with E-state index in [1.54, 1.807) is 20.3 Å². The Morgan fingerprint density at radius 3 is 2.33 bits per heavy atom. The quantitative estimate of drug-likeness (QED) is 0.895. The van der Waals surface area contributed by atoms with Crippen LogP contribution in [0.4, 0.5) is 0 Å². The second-order valence-corrected chi connectivity index (χ2v) is 4.77. The largest absolute Gasteiger partial charge is 0.497 e. The fraction of sp³-hybridized carbons (Fsp3) is 0.571. The van der Waals surface area contributed by atoms with Gasteiger partial charge >= 0.3 is 0 Å². The van der Waals surface area contributed by atoms with Crippen molar-refractivity contribution in [2.75, 3.05) is 20.8 Å². The lowest BCUT2D eigenvalue weighted by Gasteiger charge is -2.36. The molecule has 0 aliphatic carbocycles. The van der Waals surface area contributed by atoms with E-state index in [9.17, 15) is 5.11 Å². The summed E-state index contributed by atoms with van der Waals surface area (Å²) in [6, 6.07) is 5.52. The smallest absolute Gasteiger partial charge is 0.122 e. The third-order valence-electron chi connectivity index (χ3n) is 3.43. The van der Waals surface area contributed by atoms with E-state index in [1.807, 2.05) is 19.1 Å². The van der Waals surface area contributed by atoms with E-state index in [4.69, 9.17) is 14.2 Å². The average Bonchev–Trinajstić information content (AvgIpc) is 2.37. The summed E-state index contributed by atoms with van der Waals surface area (Å²) >= 11 is 0. The number of ether oxygens (including phenoxy) is 3. The summed E-state index contributed by atoms with van der Waals surface area (Å²) in [5, 5.41) is 10.8. The maximum Gasteiger partial charge on any atom is 0.122 e. The Kier molecular flexibility index (Phi) is 3.78. The topological polar surface area (TPSA) is 47.9 Å². The van der Waals surface area contributed by atoms with Gasteiger partial charge in [-0.2, -0.15) is 0 Å². The molecule has 0 radical (unpaired) electrons. The van der Waals surface area contributed by atoms with E-state index in [-0.39, 0.29) is 6.10 Å². The normalized spacial score (nSPS) is 27.9. The second kappa shape index (κ2) is 5.16. The lowest BCUT2D eigenvalue weighted by molar-refractivity contribution is -0.101. The first kappa shape index (κ1) is 13.2. The molecule has 4 nitrogen and oxygen atoms in total. The van der Waals surface area contributed by atoms with Gasteiger partial charge in [-0.3, -0.25) is 0 Å². The Bertz CT molecular complexity index is 396. The van der Waals surface area contributed by atoms with Crippen molar-refractivity contribution in [3.8, 4) is 11.5 Å². The molecule has 0 saturated carbocycles. The van der Waals surface area contributed by atoms with E-state index in [2.05, 4.69) is 0 Å². The molecule has 1 N–H and O–H groups in total. The maximum absolute atomic E-state index is 10.8. The fourth-order valence-corrected chi connectivity index (χ4v) is 2.40. The molecule has 1 heterocycles. The van der Waals surface area contributed by atoms with Crippen LogP contribution in [-0.2, 0) is 10.3 Å². The van der Waals surface area contributed by atoms with Crippen LogP contribution in [0.1, 0.15) is 25.3 Å². The first-order valence-corrected chi connectivity index (χ1v) is 6.15. The third kappa shape index (κ3) is 2.60. The molecular formula is C14H20O4. The molecule has 0 aromatic heterocycles. The molecule has 1 aliphatic rings. The van der Waals surface area contributed by atoms with Gasteiger partial charge in [0.25, 0.3) is 0 Å². The van der Waals surface area contributed by atoms with Gasteiger partial charge in [0, 0.05) is 18.9 Å². The van der Waals surface area contributed by atoms with Crippen molar-refractivity contribution >= 4 is 0 Å². The van der Waals surface area contributed by atoms with Gasteiger partial charge in [0.1, 0.15) is 11.5 Å². The number of hydrogen-bond donors (Lipinski definition) is 1. The molecule has 2 rings (SSSR count). The molecule has 1 aliphatic heterocycles. The minimum atomic E-state index is -0.862. The second-order valence-electron chi connectivity index (χ2n) is 4.77. The van der Waals surface area contributed by atoms with Crippen LogP contribution in [0.2, 0.25) is 0 Å². The predicted molar refractivity (Wildman–Crippen MR) is 68.1 cm³/mol. The molecule has 1 fully saturated rings. The molecule has 2 atom stereocenters. The molecule has 1 aromatic carbocycles. The van der Waals surface area contributed by atoms with Crippen molar-refractivity contribution in [3.05, 3.63) is 23.8 Å². The highest BCUT2D eigenvalue weighted by Crippen LogP contribution is 2.38. The molecule has 1 saturated heterocycles. The minimum Gasteiger partial charge on any atom is -0.497 e. The average molecular weight is 252 g/mol.